The van der Waals surface area contributed by atoms with Gasteiger partial charge in [-0.05, 0) is 60.7 Å². The number of anilines is 1. The maximum Gasteiger partial charge on any atom is 0.227 e. The molecule has 2 aliphatic rings. The number of carbonyl (C=O) groups excluding carboxylic acids is 2. The number of hydrogen-bond acceptors (Lipinski definition) is 6. The van der Waals surface area contributed by atoms with Gasteiger partial charge in [0.1, 0.15) is 5.75 Å². The number of nitrogens with zero attached hydrogens (tertiary/aromatic N) is 2. The second-order valence-electron chi connectivity index (χ2n) is 9.70. The molecule has 8 nitrogen and oxygen atoms in total. The van der Waals surface area contributed by atoms with Gasteiger partial charge < -0.3 is 29.3 Å². The van der Waals surface area contributed by atoms with Crippen molar-refractivity contribution < 1.29 is 23.8 Å². The molecule has 0 saturated carbocycles. The molecule has 36 heavy (non-hydrogen) atoms. The highest BCUT2D eigenvalue weighted by atomic mass is 16.5. The van der Waals surface area contributed by atoms with E-state index in [1.165, 1.54) is 5.56 Å². The molecule has 0 radical (unpaired) electrons. The quantitative estimate of drug-likeness (QED) is 0.598. The first kappa shape index (κ1) is 25.8. The van der Waals surface area contributed by atoms with Crippen molar-refractivity contribution in [3.63, 3.8) is 0 Å². The smallest absolute Gasteiger partial charge is 0.227 e. The zero-order valence-electron chi connectivity index (χ0n) is 21.7. The minimum atomic E-state index is -0.0471. The van der Waals surface area contributed by atoms with Crippen molar-refractivity contribution in [1.82, 2.24) is 9.80 Å². The molecule has 8 heteroatoms. The molecule has 2 aliphatic heterocycles. The molecule has 0 bridgehead atoms. The summed E-state index contributed by atoms with van der Waals surface area (Å²) in [7, 11) is 4.88. The maximum absolute atomic E-state index is 13.5. The lowest BCUT2D eigenvalue weighted by Crippen LogP contribution is -2.47. The summed E-state index contributed by atoms with van der Waals surface area (Å²) < 4.78 is 16.2. The van der Waals surface area contributed by atoms with Gasteiger partial charge in [-0.2, -0.15) is 0 Å². The van der Waals surface area contributed by atoms with Gasteiger partial charge >= 0.3 is 0 Å². The summed E-state index contributed by atoms with van der Waals surface area (Å²) in [5.41, 5.74) is 3.05. The molecule has 1 saturated heterocycles. The minimum absolute atomic E-state index is 0.0393. The van der Waals surface area contributed by atoms with Gasteiger partial charge in [-0.1, -0.05) is 13.0 Å². The lowest BCUT2D eigenvalue weighted by molar-refractivity contribution is -0.138. The van der Waals surface area contributed by atoms with Crippen molar-refractivity contribution >= 4 is 17.5 Å². The van der Waals surface area contributed by atoms with Crippen molar-refractivity contribution in [2.24, 2.45) is 5.92 Å². The van der Waals surface area contributed by atoms with Gasteiger partial charge in [0.25, 0.3) is 0 Å². The van der Waals surface area contributed by atoms with E-state index in [9.17, 15) is 9.59 Å². The molecule has 4 rings (SSSR count). The van der Waals surface area contributed by atoms with Crippen molar-refractivity contribution in [1.29, 1.82) is 0 Å². The van der Waals surface area contributed by atoms with Crippen molar-refractivity contribution in [3.05, 3.63) is 47.5 Å². The average Bonchev–Trinajstić information content (AvgIpc) is 2.91. The number of methoxy groups -OCH3 is 3. The Balaban J connectivity index is 1.33. The maximum atomic E-state index is 13.5. The number of fused-ring (bicyclic) bond motifs is 1. The second-order valence-corrected chi connectivity index (χ2v) is 9.70. The SMILES string of the molecule is COc1cccc(NC(=O)CCN2CCCC(C(=O)N3Cc4cc(OC)c(OC)cc4C(C)C3)C2)c1. The van der Waals surface area contributed by atoms with E-state index < -0.39 is 0 Å². The van der Waals surface area contributed by atoms with Crippen LogP contribution in [0.3, 0.4) is 0 Å². The lowest BCUT2D eigenvalue weighted by atomic mass is 9.88. The van der Waals surface area contributed by atoms with E-state index >= 15 is 0 Å². The van der Waals surface area contributed by atoms with E-state index in [1.54, 1.807) is 27.4 Å². The lowest BCUT2D eigenvalue weighted by Gasteiger charge is -2.38. The van der Waals surface area contributed by atoms with Crippen LogP contribution in [0.25, 0.3) is 0 Å². The zero-order chi connectivity index (χ0) is 25.7. The van der Waals surface area contributed by atoms with Crippen LogP contribution in [-0.2, 0) is 16.1 Å². The highest BCUT2D eigenvalue weighted by Crippen LogP contribution is 2.38. The summed E-state index contributed by atoms with van der Waals surface area (Å²) in [6, 6.07) is 11.4. The molecular formula is C28H37N3O5. The van der Waals surface area contributed by atoms with Crippen LogP contribution in [0.2, 0.25) is 0 Å². The Kier molecular flexibility index (Phi) is 8.36. The largest absolute Gasteiger partial charge is 0.497 e. The summed E-state index contributed by atoms with van der Waals surface area (Å²) in [5.74, 6) is 2.45. The molecule has 2 aromatic rings. The molecule has 0 aliphatic carbocycles. The fourth-order valence-electron chi connectivity index (χ4n) is 5.30. The normalized spacial score (nSPS) is 19.8. The van der Waals surface area contributed by atoms with Gasteiger partial charge in [-0.25, -0.2) is 0 Å². The molecule has 2 heterocycles. The Morgan fingerprint density at radius 1 is 1.03 bits per heavy atom. The topological polar surface area (TPSA) is 80.3 Å². The molecular weight excluding hydrogens is 458 g/mol. The third-order valence-corrected chi connectivity index (χ3v) is 7.21. The fourth-order valence-corrected chi connectivity index (χ4v) is 5.30. The Morgan fingerprint density at radius 3 is 2.56 bits per heavy atom. The van der Waals surface area contributed by atoms with E-state index in [0.29, 0.717) is 44.1 Å². The molecule has 2 atom stereocenters. The van der Waals surface area contributed by atoms with E-state index in [1.807, 2.05) is 35.2 Å². The number of nitrogens with one attached hydrogen (secondary N) is 1. The van der Waals surface area contributed by atoms with Gasteiger partial charge in [0.05, 0.1) is 27.2 Å². The van der Waals surface area contributed by atoms with Gasteiger partial charge in [0.2, 0.25) is 11.8 Å². The first-order valence-corrected chi connectivity index (χ1v) is 12.6. The summed E-state index contributed by atoms with van der Waals surface area (Å²) in [6.45, 7) is 5.66. The summed E-state index contributed by atoms with van der Waals surface area (Å²) in [5, 5.41) is 2.93. The molecule has 2 amide bonds. The first-order valence-electron chi connectivity index (χ1n) is 12.6. The highest BCUT2D eigenvalue weighted by Gasteiger charge is 2.33. The Bertz CT molecular complexity index is 1090. The van der Waals surface area contributed by atoms with Crippen molar-refractivity contribution in [2.75, 3.05) is 52.8 Å². The zero-order valence-corrected chi connectivity index (χ0v) is 21.7. The van der Waals surface area contributed by atoms with E-state index in [2.05, 4.69) is 17.1 Å². The number of rotatable bonds is 8. The van der Waals surface area contributed by atoms with Crippen LogP contribution >= 0.6 is 0 Å². The number of benzene rings is 2. The number of piperidine rings is 1. The van der Waals surface area contributed by atoms with Crippen LogP contribution in [0, 0.1) is 5.92 Å². The molecule has 2 aromatic carbocycles. The predicted octanol–water partition coefficient (Wildman–Crippen LogP) is 3.90. The standard InChI is InChI=1S/C28H37N3O5/c1-19-16-31(18-21-13-25(35-3)26(36-4)15-24(19)21)28(33)20-7-6-11-30(17-20)12-10-27(32)29-22-8-5-9-23(14-22)34-2/h5,8-9,13-15,19-20H,6-7,10-12,16-18H2,1-4H3,(H,29,32). The number of ether oxygens (including phenoxy) is 3. The summed E-state index contributed by atoms with van der Waals surface area (Å²) >= 11 is 0. The van der Waals surface area contributed by atoms with Crippen LogP contribution in [0.1, 0.15) is 43.2 Å². The minimum Gasteiger partial charge on any atom is -0.497 e. The van der Waals surface area contributed by atoms with Crippen LogP contribution in [0.5, 0.6) is 17.2 Å². The highest BCUT2D eigenvalue weighted by molar-refractivity contribution is 5.91. The summed E-state index contributed by atoms with van der Waals surface area (Å²) in [6.07, 6.45) is 2.22. The first-order chi connectivity index (χ1) is 17.4. The average molecular weight is 496 g/mol. The Morgan fingerprint density at radius 2 is 1.81 bits per heavy atom. The monoisotopic (exact) mass is 495 g/mol. The van der Waals surface area contributed by atoms with E-state index in [-0.39, 0.29) is 23.7 Å². The van der Waals surface area contributed by atoms with E-state index in [4.69, 9.17) is 14.2 Å². The van der Waals surface area contributed by atoms with Gasteiger partial charge in [-0.15, -0.1) is 0 Å². The number of hydrogen-bond donors (Lipinski definition) is 1. The number of carbonyl (C=O) groups is 2. The molecule has 0 aromatic heterocycles. The van der Waals surface area contributed by atoms with Gasteiger partial charge in [0, 0.05) is 44.4 Å². The third-order valence-electron chi connectivity index (χ3n) is 7.21. The second kappa shape index (κ2) is 11.6. The molecule has 1 fully saturated rings. The molecule has 2 unspecified atom stereocenters. The van der Waals surface area contributed by atoms with Crippen LogP contribution in [0.4, 0.5) is 5.69 Å². The van der Waals surface area contributed by atoms with Crippen molar-refractivity contribution in [2.45, 2.75) is 38.6 Å². The molecule has 0 spiro atoms. The predicted molar refractivity (Wildman–Crippen MR) is 139 cm³/mol. The van der Waals surface area contributed by atoms with Crippen LogP contribution in [0.15, 0.2) is 36.4 Å². The van der Waals surface area contributed by atoms with Crippen LogP contribution < -0.4 is 19.5 Å². The van der Waals surface area contributed by atoms with Crippen molar-refractivity contribution in [3.8, 4) is 17.2 Å². The molecule has 1 N–H and O–H groups in total. The van der Waals surface area contributed by atoms with Crippen LogP contribution in [-0.4, -0.2) is 69.1 Å². The number of likely N-dealkylation sites (tertiary alicyclic amines) is 1. The fraction of sp³-hybridized carbons (Fsp3) is 0.500. The summed E-state index contributed by atoms with van der Waals surface area (Å²) in [4.78, 5) is 30.3. The Labute approximate surface area is 213 Å². The third kappa shape index (κ3) is 5.93. The number of amides is 2. The van der Waals surface area contributed by atoms with Gasteiger partial charge in [0.15, 0.2) is 11.5 Å². The Hall–Kier alpha value is -3.26. The van der Waals surface area contributed by atoms with E-state index in [0.717, 1.165) is 36.4 Å². The molecule has 194 valence electrons. The van der Waals surface area contributed by atoms with Gasteiger partial charge in [-0.3, -0.25) is 9.59 Å².